The Hall–Kier alpha value is -1.06. The normalized spacial score (nSPS) is 12.4. The molecule has 14 heavy (non-hydrogen) atoms. The van der Waals surface area contributed by atoms with Crippen molar-refractivity contribution >= 4 is 5.82 Å². The minimum atomic E-state index is 0.00245. The molecule has 0 aliphatic carbocycles. The van der Waals surface area contributed by atoms with Gasteiger partial charge in [0.1, 0.15) is 0 Å². The molecule has 0 aromatic carbocycles. The van der Waals surface area contributed by atoms with Crippen molar-refractivity contribution in [3.8, 4) is 0 Å². The lowest BCUT2D eigenvalue weighted by atomic mass is 9.91. The summed E-state index contributed by atoms with van der Waals surface area (Å²) in [6.45, 7) is 11.6. The van der Waals surface area contributed by atoms with Crippen molar-refractivity contribution in [1.29, 1.82) is 0 Å². The highest BCUT2D eigenvalue weighted by Gasteiger charge is 2.24. The van der Waals surface area contributed by atoms with E-state index in [4.69, 9.17) is 5.73 Å². The third-order valence-electron chi connectivity index (χ3n) is 2.01. The summed E-state index contributed by atoms with van der Waals surface area (Å²) in [6, 6.07) is 0. The zero-order valence-corrected chi connectivity index (χ0v) is 9.70. The molecule has 0 saturated heterocycles. The summed E-state index contributed by atoms with van der Waals surface area (Å²) >= 11 is 0. The second kappa shape index (κ2) is 3.59. The highest BCUT2D eigenvalue weighted by molar-refractivity contribution is 5.37. The van der Waals surface area contributed by atoms with Crippen molar-refractivity contribution < 1.29 is 0 Å². The maximum absolute atomic E-state index is 5.81. The molecule has 1 aromatic heterocycles. The molecule has 0 unspecified atom stereocenters. The number of nitrogen functional groups attached to an aromatic ring is 1. The van der Waals surface area contributed by atoms with Gasteiger partial charge in [-0.3, -0.25) is 0 Å². The van der Waals surface area contributed by atoms with Crippen LogP contribution < -0.4 is 5.73 Å². The first-order valence-electron chi connectivity index (χ1n) is 5.02. The minimum Gasteiger partial charge on any atom is -0.381 e. The number of nitrogens with two attached hydrogens (primary N) is 1. The van der Waals surface area contributed by atoms with Gasteiger partial charge in [0.15, 0.2) is 5.82 Å². The van der Waals surface area contributed by atoms with Gasteiger partial charge in [-0.25, -0.2) is 4.68 Å². The fraction of sp³-hybridized carbons (Fsp3) is 0.800. The smallest absolute Gasteiger partial charge is 0.169 e. The maximum atomic E-state index is 5.81. The van der Waals surface area contributed by atoms with E-state index in [9.17, 15) is 0 Å². The molecule has 80 valence electrons. The van der Waals surface area contributed by atoms with Gasteiger partial charge in [-0.15, -0.1) is 5.10 Å². The van der Waals surface area contributed by atoms with E-state index in [0.717, 1.165) is 12.2 Å². The first-order chi connectivity index (χ1) is 6.32. The number of hydrogen-bond acceptors (Lipinski definition) is 3. The number of nitrogens with zero attached hydrogens (tertiary/aromatic N) is 3. The van der Waals surface area contributed by atoms with Crippen molar-refractivity contribution in [3.63, 3.8) is 0 Å². The Bertz CT molecular complexity index is 306. The van der Waals surface area contributed by atoms with Crippen molar-refractivity contribution in [2.75, 3.05) is 5.73 Å². The summed E-state index contributed by atoms with van der Waals surface area (Å²) in [7, 11) is 0. The quantitative estimate of drug-likeness (QED) is 0.785. The van der Waals surface area contributed by atoms with Crippen molar-refractivity contribution in [2.24, 2.45) is 5.92 Å². The predicted octanol–water partition coefficient (Wildman–Crippen LogP) is 1.81. The molecule has 0 aliphatic rings. The van der Waals surface area contributed by atoms with Gasteiger partial charge in [-0.05, 0) is 5.92 Å². The Balaban J connectivity index is 3.07. The Morgan fingerprint density at radius 1 is 1.36 bits per heavy atom. The van der Waals surface area contributed by atoms with Gasteiger partial charge in [0.25, 0.3) is 0 Å². The van der Waals surface area contributed by atoms with Crippen molar-refractivity contribution in [1.82, 2.24) is 15.0 Å². The third-order valence-corrected chi connectivity index (χ3v) is 2.01. The SMILES string of the molecule is CC(C)Cn1nnc(N)c1C(C)(C)C. The van der Waals surface area contributed by atoms with Crippen molar-refractivity contribution in [3.05, 3.63) is 5.69 Å². The summed E-state index contributed by atoms with van der Waals surface area (Å²) in [5.41, 5.74) is 6.84. The zero-order chi connectivity index (χ0) is 10.9. The highest BCUT2D eigenvalue weighted by atomic mass is 15.4. The van der Waals surface area contributed by atoms with Gasteiger partial charge in [0.2, 0.25) is 0 Å². The Kier molecular flexibility index (Phi) is 2.83. The minimum absolute atomic E-state index is 0.00245. The Morgan fingerprint density at radius 2 is 1.93 bits per heavy atom. The van der Waals surface area contributed by atoms with Gasteiger partial charge in [-0.2, -0.15) is 0 Å². The molecule has 0 saturated carbocycles. The molecule has 0 radical (unpaired) electrons. The van der Waals surface area contributed by atoms with E-state index in [-0.39, 0.29) is 5.41 Å². The molecule has 0 amide bonds. The largest absolute Gasteiger partial charge is 0.381 e. The van der Waals surface area contributed by atoms with Crippen LogP contribution in [0.3, 0.4) is 0 Å². The van der Waals surface area contributed by atoms with Crippen LogP contribution in [-0.2, 0) is 12.0 Å². The summed E-state index contributed by atoms with van der Waals surface area (Å²) in [5, 5.41) is 7.99. The average Bonchev–Trinajstić information content (AvgIpc) is 2.28. The van der Waals surface area contributed by atoms with E-state index >= 15 is 0 Å². The predicted molar refractivity (Wildman–Crippen MR) is 58.0 cm³/mol. The number of aromatic nitrogens is 3. The molecule has 1 heterocycles. The highest BCUT2D eigenvalue weighted by Crippen LogP contribution is 2.26. The molecule has 1 aromatic rings. The van der Waals surface area contributed by atoms with E-state index in [1.54, 1.807) is 0 Å². The lowest BCUT2D eigenvalue weighted by molar-refractivity contribution is 0.423. The van der Waals surface area contributed by atoms with Gasteiger partial charge < -0.3 is 5.73 Å². The third kappa shape index (κ3) is 2.25. The van der Waals surface area contributed by atoms with E-state index in [2.05, 4.69) is 44.9 Å². The lowest BCUT2D eigenvalue weighted by Gasteiger charge is -2.20. The first-order valence-corrected chi connectivity index (χ1v) is 5.02. The second-order valence-electron chi connectivity index (χ2n) is 5.15. The fourth-order valence-electron chi connectivity index (χ4n) is 1.57. The zero-order valence-electron chi connectivity index (χ0n) is 9.70. The van der Waals surface area contributed by atoms with Gasteiger partial charge >= 0.3 is 0 Å². The molecule has 2 N–H and O–H groups in total. The molecule has 4 nitrogen and oxygen atoms in total. The Morgan fingerprint density at radius 3 is 2.36 bits per heavy atom. The van der Waals surface area contributed by atoms with Crippen LogP contribution in [0.15, 0.2) is 0 Å². The van der Waals surface area contributed by atoms with Gasteiger partial charge in [-0.1, -0.05) is 39.8 Å². The molecule has 0 spiro atoms. The standard InChI is InChI=1S/C10H20N4/c1-7(2)6-14-8(10(3,4)5)9(11)12-13-14/h7H,6,11H2,1-5H3. The van der Waals surface area contributed by atoms with E-state index in [1.165, 1.54) is 0 Å². The second-order valence-corrected chi connectivity index (χ2v) is 5.15. The van der Waals surface area contributed by atoms with Crippen LogP contribution in [0.4, 0.5) is 5.82 Å². The van der Waals surface area contributed by atoms with Crippen molar-refractivity contribution in [2.45, 2.75) is 46.6 Å². The molecule has 0 fully saturated rings. The van der Waals surface area contributed by atoms with Gasteiger partial charge in [0, 0.05) is 12.0 Å². The van der Waals surface area contributed by atoms with Crippen LogP contribution in [0.5, 0.6) is 0 Å². The molecule has 1 rings (SSSR count). The molecule has 0 bridgehead atoms. The van der Waals surface area contributed by atoms with E-state index < -0.39 is 0 Å². The molecule has 4 heteroatoms. The summed E-state index contributed by atoms with van der Waals surface area (Å²) in [4.78, 5) is 0. The van der Waals surface area contributed by atoms with Crippen LogP contribution in [0.2, 0.25) is 0 Å². The van der Waals surface area contributed by atoms with Crippen LogP contribution in [0.1, 0.15) is 40.3 Å². The molecule has 0 aliphatic heterocycles. The van der Waals surface area contributed by atoms with Crippen LogP contribution >= 0.6 is 0 Å². The van der Waals surface area contributed by atoms with Gasteiger partial charge in [0.05, 0.1) is 5.69 Å². The maximum Gasteiger partial charge on any atom is 0.169 e. The summed E-state index contributed by atoms with van der Waals surface area (Å²) in [6.07, 6.45) is 0. The molecule has 0 atom stereocenters. The van der Waals surface area contributed by atoms with Crippen LogP contribution in [-0.4, -0.2) is 15.0 Å². The molecular formula is C10H20N4. The Labute approximate surface area is 85.5 Å². The lowest BCUT2D eigenvalue weighted by Crippen LogP contribution is -2.21. The number of hydrogen-bond donors (Lipinski definition) is 1. The summed E-state index contributed by atoms with van der Waals surface area (Å²) in [5.74, 6) is 1.11. The molecular weight excluding hydrogens is 176 g/mol. The average molecular weight is 196 g/mol. The summed E-state index contributed by atoms with van der Waals surface area (Å²) < 4.78 is 1.92. The van der Waals surface area contributed by atoms with E-state index in [1.807, 2.05) is 4.68 Å². The number of anilines is 1. The van der Waals surface area contributed by atoms with Crippen LogP contribution in [0, 0.1) is 5.92 Å². The fourth-order valence-corrected chi connectivity index (χ4v) is 1.57. The topological polar surface area (TPSA) is 56.7 Å². The van der Waals surface area contributed by atoms with E-state index in [0.29, 0.717) is 11.7 Å². The number of rotatable bonds is 2. The first kappa shape index (κ1) is 11.0. The monoisotopic (exact) mass is 196 g/mol. The van der Waals surface area contributed by atoms with Crippen LogP contribution in [0.25, 0.3) is 0 Å².